The lowest BCUT2D eigenvalue weighted by atomic mass is 9.68. The summed E-state index contributed by atoms with van der Waals surface area (Å²) >= 11 is 11.9. The Kier molecular flexibility index (Phi) is 4.06. The maximum atomic E-state index is 13.1. The Hall–Kier alpha value is -3.10. The largest absolute Gasteiger partial charge is 0.322 e. The Bertz CT molecular complexity index is 941. The molecule has 142 valence electrons. The van der Waals surface area contributed by atoms with Crippen molar-refractivity contribution in [3.63, 3.8) is 0 Å². The Morgan fingerprint density at radius 1 is 0.571 bits per heavy atom. The zero-order chi connectivity index (χ0) is 20.1. The van der Waals surface area contributed by atoms with Crippen LogP contribution in [0.1, 0.15) is 11.1 Å². The number of halogens is 2. The van der Waals surface area contributed by atoms with Crippen molar-refractivity contribution in [2.75, 3.05) is 0 Å². The lowest BCUT2D eigenvalue weighted by molar-refractivity contribution is -0.136. The molecule has 28 heavy (non-hydrogen) atoms. The minimum absolute atomic E-state index is 0.257. The minimum Gasteiger partial charge on any atom is -0.317 e. The molecule has 4 N–H and O–H groups in total. The first-order valence-electron chi connectivity index (χ1n) is 8.09. The molecule has 2 fully saturated rings. The molecule has 2 aliphatic rings. The van der Waals surface area contributed by atoms with Crippen LogP contribution in [0.5, 0.6) is 0 Å². The second kappa shape index (κ2) is 6.22. The topological polar surface area (TPSA) is 116 Å². The number of carbonyl (C=O) groups is 4. The van der Waals surface area contributed by atoms with Gasteiger partial charge in [0.1, 0.15) is 0 Å². The molecule has 2 aromatic rings. The summed E-state index contributed by atoms with van der Waals surface area (Å²) < 4.78 is 0. The molecule has 0 saturated carbocycles. The van der Waals surface area contributed by atoms with Crippen LogP contribution in [0.4, 0.5) is 9.59 Å². The van der Waals surface area contributed by atoms with Gasteiger partial charge >= 0.3 is 12.1 Å². The van der Waals surface area contributed by atoms with Crippen LogP contribution in [-0.4, -0.2) is 23.9 Å². The van der Waals surface area contributed by atoms with Crippen molar-refractivity contribution in [1.29, 1.82) is 0 Å². The van der Waals surface area contributed by atoms with E-state index in [0.717, 1.165) is 0 Å². The molecule has 10 heteroatoms. The van der Waals surface area contributed by atoms with Crippen molar-refractivity contribution in [2.24, 2.45) is 0 Å². The summed E-state index contributed by atoms with van der Waals surface area (Å²) in [6, 6.07) is 10.5. The number of benzene rings is 2. The van der Waals surface area contributed by atoms with Crippen LogP contribution in [0.15, 0.2) is 48.5 Å². The van der Waals surface area contributed by atoms with Crippen molar-refractivity contribution in [2.45, 2.75) is 11.1 Å². The third-order valence-electron chi connectivity index (χ3n) is 4.85. The molecule has 0 bridgehead atoms. The molecular formula is C18H12Cl2N4O4. The standard InChI is InChI=1S/C18H12Cl2N4O4/c19-11-5-1-9(2-6-11)17(13(25)21-15(27)23-17)18(14(26)22-16(28)24-18)10-3-7-12(20)8-4-10/h1-8H,(H2,21,23,25,27)(H2,22,24,26,28). The van der Waals surface area contributed by atoms with Crippen molar-refractivity contribution in [1.82, 2.24) is 21.3 Å². The van der Waals surface area contributed by atoms with Gasteiger partial charge in [0.05, 0.1) is 0 Å². The van der Waals surface area contributed by atoms with Crippen LogP contribution in [0.2, 0.25) is 10.0 Å². The smallest absolute Gasteiger partial charge is 0.317 e. The molecule has 8 nitrogen and oxygen atoms in total. The van der Waals surface area contributed by atoms with E-state index < -0.39 is 35.0 Å². The van der Waals surface area contributed by atoms with Gasteiger partial charge in [-0.05, 0) is 35.4 Å². The predicted molar refractivity (Wildman–Crippen MR) is 99.6 cm³/mol. The molecule has 0 radical (unpaired) electrons. The maximum absolute atomic E-state index is 13.1. The van der Waals surface area contributed by atoms with Crippen LogP contribution >= 0.6 is 23.2 Å². The highest BCUT2D eigenvalue weighted by Gasteiger charge is 2.69. The number of rotatable bonds is 3. The van der Waals surface area contributed by atoms with E-state index in [1.807, 2.05) is 0 Å². The number of imide groups is 2. The van der Waals surface area contributed by atoms with Crippen LogP contribution < -0.4 is 21.3 Å². The lowest BCUT2D eigenvalue weighted by Crippen LogP contribution is -2.67. The van der Waals surface area contributed by atoms with E-state index in [1.165, 1.54) is 48.5 Å². The van der Waals surface area contributed by atoms with Crippen molar-refractivity contribution >= 4 is 47.1 Å². The van der Waals surface area contributed by atoms with Gasteiger partial charge in [-0.2, -0.15) is 0 Å². The minimum atomic E-state index is -1.96. The van der Waals surface area contributed by atoms with E-state index >= 15 is 0 Å². The molecule has 6 amide bonds. The number of hydrogen-bond donors (Lipinski definition) is 4. The third-order valence-corrected chi connectivity index (χ3v) is 5.36. The molecular weight excluding hydrogens is 407 g/mol. The van der Waals surface area contributed by atoms with E-state index in [9.17, 15) is 19.2 Å². The van der Waals surface area contributed by atoms with E-state index in [-0.39, 0.29) is 11.1 Å². The highest BCUT2D eigenvalue weighted by atomic mass is 35.5. The molecule has 0 spiro atoms. The first-order valence-corrected chi connectivity index (χ1v) is 8.84. The number of nitrogens with one attached hydrogen (secondary N) is 4. The second-order valence-corrected chi connectivity index (χ2v) is 7.20. The molecule has 0 aliphatic carbocycles. The molecule has 2 saturated heterocycles. The zero-order valence-corrected chi connectivity index (χ0v) is 15.5. The normalized spacial score (nSPS) is 26.5. The third kappa shape index (κ3) is 2.38. The first kappa shape index (κ1) is 18.3. The SMILES string of the molecule is O=C1NC(=O)C(c2ccc(Cl)cc2)(C2(c3ccc(Cl)cc3)NC(=O)NC2=O)N1. The van der Waals surface area contributed by atoms with Gasteiger partial charge in [-0.25, -0.2) is 9.59 Å². The average Bonchev–Trinajstić information content (AvgIpc) is 3.12. The quantitative estimate of drug-likeness (QED) is 0.568. The fourth-order valence-electron chi connectivity index (χ4n) is 3.68. The summed E-state index contributed by atoms with van der Waals surface area (Å²) in [6.07, 6.45) is 0. The van der Waals surface area contributed by atoms with Crippen molar-refractivity contribution in [3.05, 3.63) is 69.7 Å². The summed E-state index contributed by atoms with van der Waals surface area (Å²) in [4.78, 5) is 50.5. The number of amides is 6. The number of carbonyl (C=O) groups excluding carboxylic acids is 4. The van der Waals surface area contributed by atoms with E-state index in [0.29, 0.717) is 10.0 Å². The summed E-state index contributed by atoms with van der Waals surface area (Å²) in [6.45, 7) is 0. The van der Waals surface area contributed by atoms with Crippen LogP contribution in [-0.2, 0) is 20.7 Å². The Labute approximate surface area is 168 Å². The summed E-state index contributed by atoms with van der Waals surface area (Å²) in [5.41, 5.74) is -3.41. The molecule has 2 heterocycles. The van der Waals surface area contributed by atoms with Gasteiger partial charge in [-0.15, -0.1) is 0 Å². The molecule has 2 unspecified atom stereocenters. The van der Waals surface area contributed by atoms with Gasteiger partial charge in [0.2, 0.25) is 0 Å². The van der Waals surface area contributed by atoms with Crippen LogP contribution in [0.25, 0.3) is 0 Å². The molecule has 0 aromatic heterocycles. The highest BCUT2D eigenvalue weighted by molar-refractivity contribution is 6.31. The Morgan fingerprint density at radius 2 is 0.893 bits per heavy atom. The molecule has 2 atom stereocenters. The van der Waals surface area contributed by atoms with Crippen molar-refractivity contribution < 1.29 is 19.2 Å². The van der Waals surface area contributed by atoms with Crippen molar-refractivity contribution in [3.8, 4) is 0 Å². The first-order chi connectivity index (χ1) is 13.3. The van der Waals surface area contributed by atoms with Gasteiger partial charge in [0, 0.05) is 10.0 Å². The van der Waals surface area contributed by atoms with Crippen LogP contribution in [0.3, 0.4) is 0 Å². The summed E-state index contributed by atoms with van der Waals surface area (Å²) in [5.74, 6) is -1.60. The van der Waals surface area contributed by atoms with Gasteiger partial charge < -0.3 is 10.6 Å². The fourth-order valence-corrected chi connectivity index (χ4v) is 3.93. The van der Waals surface area contributed by atoms with Gasteiger partial charge in [-0.3, -0.25) is 20.2 Å². The Balaban J connectivity index is 2.06. The second-order valence-electron chi connectivity index (χ2n) is 6.33. The number of hydrogen-bond acceptors (Lipinski definition) is 4. The van der Waals surface area contributed by atoms with Gasteiger partial charge in [0.25, 0.3) is 11.8 Å². The molecule has 2 aliphatic heterocycles. The molecule has 4 rings (SSSR count). The monoisotopic (exact) mass is 418 g/mol. The predicted octanol–water partition coefficient (Wildman–Crippen LogP) is 1.76. The number of urea groups is 2. The lowest BCUT2D eigenvalue weighted by Gasteiger charge is -2.41. The summed E-state index contributed by atoms with van der Waals surface area (Å²) in [5, 5.41) is 10.2. The maximum Gasteiger partial charge on any atom is 0.322 e. The highest BCUT2D eigenvalue weighted by Crippen LogP contribution is 2.45. The van der Waals surface area contributed by atoms with Gasteiger partial charge in [0.15, 0.2) is 11.1 Å². The Morgan fingerprint density at radius 3 is 1.14 bits per heavy atom. The zero-order valence-electron chi connectivity index (χ0n) is 14.0. The summed E-state index contributed by atoms with van der Waals surface area (Å²) in [7, 11) is 0. The van der Waals surface area contributed by atoms with E-state index in [2.05, 4.69) is 21.3 Å². The van der Waals surface area contributed by atoms with Gasteiger partial charge in [-0.1, -0.05) is 47.5 Å². The molecule has 2 aromatic carbocycles. The van der Waals surface area contributed by atoms with E-state index in [4.69, 9.17) is 23.2 Å². The van der Waals surface area contributed by atoms with Crippen LogP contribution in [0, 0.1) is 0 Å². The fraction of sp³-hybridized carbons (Fsp3) is 0.111. The van der Waals surface area contributed by atoms with E-state index in [1.54, 1.807) is 0 Å². The average molecular weight is 419 g/mol.